The average Bonchev–Trinajstić information content (AvgIpc) is 2.89. The fourth-order valence-electron chi connectivity index (χ4n) is 2.59. The van der Waals surface area contributed by atoms with Gasteiger partial charge >= 0.3 is 12.1 Å². The Hall–Kier alpha value is -2.02. The predicted molar refractivity (Wildman–Crippen MR) is 90.9 cm³/mol. The Morgan fingerprint density at radius 1 is 1.21 bits per heavy atom. The molecule has 0 spiro atoms. The molecule has 0 radical (unpaired) electrons. The highest BCUT2D eigenvalue weighted by molar-refractivity contribution is 8.03. The Bertz CT molecular complexity index is 631. The molecule has 1 aromatic carbocycles. The van der Waals surface area contributed by atoms with Crippen LogP contribution >= 0.6 is 11.8 Å². The molecule has 0 saturated carbocycles. The number of carbonyl (C=O) groups excluding carboxylic acids is 2. The minimum Gasteiger partial charge on any atom is -0.480 e. The number of carbonyl (C=O) groups is 3. The molecule has 0 unspecified atom stereocenters. The van der Waals surface area contributed by atoms with Crippen LogP contribution in [-0.4, -0.2) is 39.0 Å². The van der Waals surface area contributed by atoms with Crippen molar-refractivity contribution < 1.29 is 24.2 Å². The third-order valence-corrected chi connectivity index (χ3v) is 5.64. The smallest absolute Gasteiger partial charge is 0.407 e. The van der Waals surface area contributed by atoms with E-state index in [1.165, 1.54) is 0 Å². The number of nitrogens with one attached hydrogen (secondary N) is 1. The number of ketones is 1. The zero-order valence-corrected chi connectivity index (χ0v) is 14.5. The van der Waals surface area contributed by atoms with Crippen LogP contribution in [0.2, 0.25) is 0 Å². The van der Waals surface area contributed by atoms with Crippen LogP contribution in [0, 0.1) is 0 Å². The van der Waals surface area contributed by atoms with Crippen LogP contribution in [-0.2, 0) is 20.9 Å². The van der Waals surface area contributed by atoms with Gasteiger partial charge in [-0.1, -0.05) is 44.2 Å². The number of alkyl carbamates (subject to hydrolysis) is 1. The number of rotatable bonds is 6. The fraction of sp³-hybridized carbons (Fsp3) is 0.471. The summed E-state index contributed by atoms with van der Waals surface area (Å²) in [5, 5.41) is 11.8. The number of carboxylic acids is 1. The number of hydrogen-bond donors (Lipinski definition) is 2. The lowest BCUT2D eigenvalue weighted by molar-refractivity contribution is -0.143. The molecule has 1 aliphatic rings. The zero-order valence-electron chi connectivity index (χ0n) is 13.7. The quantitative estimate of drug-likeness (QED) is 0.765. The molecule has 7 heteroatoms. The summed E-state index contributed by atoms with van der Waals surface area (Å²) in [5.74, 6) is -1.66. The molecule has 130 valence electrons. The third-order valence-electron chi connectivity index (χ3n) is 3.93. The number of amides is 1. The molecule has 1 fully saturated rings. The maximum atomic E-state index is 12.4. The molecule has 2 rings (SSSR count). The van der Waals surface area contributed by atoms with Crippen molar-refractivity contribution in [2.75, 3.05) is 6.54 Å². The van der Waals surface area contributed by atoms with E-state index in [1.54, 1.807) is 0 Å². The number of thioether (sulfide) groups is 1. The molecule has 1 aliphatic heterocycles. The van der Waals surface area contributed by atoms with Crippen molar-refractivity contribution in [3.63, 3.8) is 0 Å². The van der Waals surface area contributed by atoms with Crippen LogP contribution in [0.5, 0.6) is 0 Å². The predicted octanol–water partition coefficient (Wildman–Crippen LogP) is 2.61. The highest BCUT2D eigenvalue weighted by atomic mass is 32.2. The van der Waals surface area contributed by atoms with Gasteiger partial charge in [-0.3, -0.25) is 9.59 Å². The van der Waals surface area contributed by atoms with Gasteiger partial charge in [-0.25, -0.2) is 4.79 Å². The normalized spacial score (nSPS) is 21.9. The summed E-state index contributed by atoms with van der Waals surface area (Å²) >= 11 is 1.15. The summed E-state index contributed by atoms with van der Waals surface area (Å²) in [5.41, 5.74) is 0.828. The number of aliphatic carboxylic acids is 1. The van der Waals surface area contributed by atoms with Crippen LogP contribution in [0.4, 0.5) is 4.79 Å². The van der Waals surface area contributed by atoms with E-state index in [4.69, 9.17) is 4.74 Å². The average molecular weight is 351 g/mol. The van der Waals surface area contributed by atoms with Crippen molar-refractivity contribution in [3.05, 3.63) is 35.9 Å². The minimum atomic E-state index is -1.49. The van der Waals surface area contributed by atoms with E-state index < -0.39 is 22.6 Å². The van der Waals surface area contributed by atoms with E-state index in [-0.39, 0.29) is 24.3 Å². The van der Waals surface area contributed by atoms with Gasteiger partial charge in [-0.2, -0.15) is 0 Å². The highest BCUT2D eigenvalue weighted by Crippen LogP contribution is 2.50. The molecule has 1 amide bonds. The molecule has 1 aromatic rings. The van der Waals surface area contributed by atoms with E-state index in [1.807, 2.05) is 44.2 Å². The first-order chi connectivity index (χ1) is 11.3. The Kier molecular flexibility index (Phi) is 5.54. The van der Waals surface area contributed by atoms with Crippen molar-refractivity contribution in [2.45, 2.75) is 42.8 Å². The van der Waals surface area contributed by atoms with Gasteiger partial charge in [0.25, 0.3) is 0 Å². The van der Waals surface area contributed by atoms with Crippen molar-refractivity contribution >= 4 is 29.6 Å². The van der Waals surface area contributed by atoms with Crippen molar-refractivity contribution in [1.29, 1.82) is 0 Å². The fourth-order valence-corrected chi connectivity index (χ4v) is 4.21. The second kappa shape index (κ2) is 7.25. The monoisotopic (exact) mass is 351 g/mol. The van der Waals surface area contributed by atoms with E-state index in [0.717, 1.165) is 17.3 Å². The maximum Gasteiger partial charge on any atom is 0.407 e. The van der Waals surface area contributed by atoms with Crippen molar-refractivity contribution in [2.24, 2.45) is 0 Å². The molecule has 0 aliphatic carbocycles. The highest BCUT2D eigenvalue weighted by Gasteiger charge is 2.54. The number of benzene rings is 1. The lowest BCUT2D eigenvalue weighted by Gasteiger charge is -2.24. The molecule has 0 aromatic heterocycles. The van der Waals surface area contributed by atoms with E-state index in [0.29, 0.717) is 6.42 Å². The molecule has 24 heavy (non-hydrogen) atoms. The number of Topliss-reactive ketones (excluding diaryl/α,β-unsaturated/α-hetero) is 1. The summed E-state index contributed by atoms with van der Waals surface area (Å²) in [7, 11) is 0. The van der Waals surface area contributed by atoms with Gasteiger partial charge in [0, 0.05) is 4.75 Å². The topological polar surface area (TPSA) is 92.7 Å². The summed E-state index contributed by atoms with van der Waals surface area (Å²) in [4.78, 5) is 35.7. The first-order valence-electron chi connectivity index (χ1n) is 7.67. The van der Waals surface area contributed by atoms with Crippen LogP contribution in [0.25, 0.3) is 0 Å². The Balaban J connectivity index is 1.87. The maximum absolute atomic E-state index is 12.4. The van der Waals surface area contributed by atoms with Crippen molar-refractivity contribution in [1.82, 2.24) is 5.32 Å². The van der Waals surface area contributed by atoms with Crippen LogP contribution < -0.4 is 5.32 Å². The van der Waals surface area contributed by atoms with Crippen LogP contribution in [0.3, 0.4) is 0 Å². The third kappa shape index (κ3) is 4.29. The lowest BCUT2D eigenvalue weighted by atomic mass is 9.94. The molecule has 6 nitrogen and oxygen atoms in total. The molecule has 1 heterocycles. The summed E-state index contributed by atoms with van der Waals surface area (Å²) in [6, 6.07) is 9.14. The molecule has 1 saturated heterocycles. The first kappa shape index (κ1) is 18.3. The Morgan fingerprint density at radius 3 is 2.42 bits per heavy atom. The minimum absolute atomic E-state index is 0.0900. The number of carboxylic acid groups (broad SMARTS) is 1. The van der Waals surface area contributed by atoms with Gasteiger partial charge in [0.2, 0.25) is 0 Å². The lowest BCUT2D eigenvalue weighted by Crippen LogP contribution is -2.47. The van der Waals surface area contributed by atoms with E-state index >= 15 is 0 Å². The van der Waals surface area contributed by atoms with E-state index in [2.05, 4.69) is 5.32 Å². The van der Waals surface area contributed by atoms with Gasteiger partial charge in [-0.05, 0) is 18.4 Å². The molecule has 1 atom stereocenters. The second-order valence-electron chi connectivity index (χ2n) is 6.33. The number of ether oxygens (including phenoxy) is 1. The van der Waals surface area contributed by atoms with Crippen LogP contribution in [0.1, 0.15) is 32.3 Å². The second-order valence-corrected chi connectivity index (χ2v) is 8.34. The SMILES string of the molecule is CC1(C)CC[C@](C(=O)O)(C(=O)CNC(=O)OCc2ccccc2)S1. The molecule has 2 N–H and O–H groups in total. The van der Waals surface area contributed by atoms with Gasteiger partial charge in [0.05, 0.1) is 6.54 Å². The van der Waals surface area contributed by atoms with Gasteiger partial charge < -0.3 is 15.2 Å². The number of hydrogen-bond acceptors (Lipinski definition) is 5. The largest absolute Gasteiger partial charge is 0.480 e. The van der Waals surface area contributed by atoms with E-state index in [9.17, 15) is 19.5 Å². The van der Waals surface area contributed by atoms with Crippen LogP contribution in [0.15, 0.2) is 30.3 Å². The molecule has 0 bridgehead atoms. The Morgan fingerprint density at radius 2 is 1.88 bits per heavy atom. The summed E-state index contributed by atoms with van der Waals surface area (Å²) < 4.78 is 3.25. The molecular weight excluding hydrogens is 330 g/mol. The van der Waals surface area contributed by atoms with Crippen molar-refractivity contribution in [3.8, 4) is 0 Å². The first-order valence-corrected chi connectivity index (χ1v) is 8.48. The summed E-state index contributed by atoms with van der Waals surface area (Å²) in [6.45, 7) is 3.56. The van der Waals surface area contributed by atoms with Gasteiger partial charge in [0.1, 0.15) is 6.61 Å². The van der Waals surface area contributed by atoms with Gasteiger partial charge in [-0.15, -0.1) is 11.8 Å². The zero-order chi connectivity index (χ0) is 17.8. The summed E-state index contributed by atoms with van der Waals surface area (Å²) in [6.07, 6.45) is 0.156. The Labute approximate surface area is 145 Å². The van der Waals surface area contributed by atoms with Gasteiger partial charge in [0.15, 0.2) is 10.5 Å². The molecular formula is C17H21NO5S. The standard InChI is InChI=1S/C17H21NO5S/c1-16(2)8-9-17(24-16,14(20)21)13(19)10-18-15(22)23-11-12-6-4-3-5-7-12/h3-7H,8-11H2,1-2H3,(H,18,22)(H,20,21)/t17-/m1/s1.